The first-order valence-electron chi connectivity index (χ1n) is 10.7. The van der Waals surface area contributed by atoms with E-state index >= 15 is 0 Å². The average Bonchev–Trinajstić information content (AvgIpc) is 2.74. The molecule has 2 N–H and O–H groups in total. The Kier molecular flexibility index (Phi) is 12.2. The minimum Gasteiger partial charge on any atom is -0.458 e. The van der Waals surface area contributed by atoms with Gasteiger partial charge in [-0.1, -0.05) is 6.07 Å². The zero-order chi connectivity index (χ0) is 25.7. The molecule has 1 aromatic carbocycles. The molecule has 0 unspecified atom stereocenters. The van der Waals surface area contributed by atoms with Crippen molar-refractivity contribution in [1.82, 2.24) is 0 Å². The van der Waals surface area contributed by atoms with Crippen LogP contribution in [-0.2, 0) is 34.9 Å². The fourth-order valence-electron chi connectivity index (χ4n) is 2.39. The summed E-state index contributed by atoms with van der Waals surface area (Å²) in [6.07, 6.45) is -3.98. The largest absolute Gasteiger partial charge is 0.513 e. The van der Waals surface area contributed by atoms with Gasteiger partial charge in [-0.3, -0.25) is 4.79 Å². The summed E-state index contributed by atoms with van der Waals surface area (Å²) in [4.78, 5) is 47.1. The van der Waals surface area contributed by atoms with Crippen LogP contribution in [0.4, 0.5) is 14.4 Å². The predicted molar refractivity (Wildman–Crippen MR) is 117 cm³/mol. The molecule has 12 nitrogen and oxygen atoms in total. The Hall–Kier alpha value is -3.54. The lowest BCUT2D eigenvalue weighted by Gasteiger charge is -2.18. The monoisotopic (exact) mass is 485 g/mol. The molecule has 0 saturated carbocycles. The van der Waals surface area contributed by atoms with Crippen LogP contribution in [-0.4, -0.2) is 62.5 Å². The molecule has 34 heavy (non-hydrogen) atoms. The molecular weight excluding hydrogens is 454 g/mol. The van der Waals surface area contributed by atoms with Crippen molar-refractivity contribution in [2.45, 2.75) is 59.3 Å². The van der Waals surface area contributed by atoms with E-state index in [-0.39, 0.29) is 43.8 Å². The van der Waals surface area contributed by atoms with Crippen molar-refractivity contribution < 1.29 is 52.3 Å². The van der Waals surface area contributed by atoms with E-state index in [1.807, 2.05) is 0 Å². The zero-order valence-electron chi connectivity index (χ0n) is 19.9. The van der Waals surface area contributed by atoms with Gasteiger partial charge in [-0.15, -0.1) is 0 Å². The molecule has 0 radical (unpaired) electrons. The number of hydrogen-bond acceptors (Lipinski definition) is 12. The number of nitrogens with two attached hydrogens (primary N) is 1. The number of esters is 1. The molecule has 0 heterocycles. The standard InChI is InChI=1S/C22H31NO11/c1-6-28-20(25)33-17-9-8-15(11-18(17)34-21(26)29-7-2)10-16(23)19(24)32-14(5)12-30-22(27)31-13(3)4/h8-9,11,13-14,16H,6-7,10,12,23H2,1-5H3/t14-,16-/m0/s1. The van der Waals surface area contributed by atoms with Gasteiger partial charge in [0.1, 0.15) is 18.8 Å². The topological polar surface area (TPSA) is 159 Å². The number of hydrogen-bond donors (Lipinski definition) is 1. The number of carbonyl (C=O) groups excluding carboxylic acids is 4. The van der Waals surface area contributed by atoms with Crippen molar-refractivity contribution >= 4 is 24.4 Å². The van der Waals surface area contributed by atoms with Crippen molar-refractivity contribution in [2.24, 2.45) is 5.73 Å². The van der Waals surface area contributed by atoms with Crippen molar-refractivity contribution in [3.05, 3.63) is 23.8 Å². The molecule has 12 heteroatoms. The van der Waals surface area contributed by atoms with Gasteiger partial charge in [-0.05, 0) is 58.7 Å². The Labute approximate surface area is 197 Å². The minimum atomic E-state index is -1.09. The number of rotatable bonds is 11. The second-order valence-electron chi connectivity index (χ2n) is 7.14. The average molecular weight is 485 g/mol. The second kappa shape index (κ2) is 14.6. The van der Waals surface area contributed by atoms with E-state index < -0.39 is 36.6 Å². The summed E-state index contributed by atoms with van der Waals surface area (Å²) in [7, 11) is 0. The zero-order valence-corrected chi connectivity index (χ0v) is 19.9. The Bertz CT molecular complexity index is 840. The number of carbonyl (C=O) groups is 4. The summed E-state index contributed by atoms with van der Waals surface area (Å²) in [5, 5.41) is 0. The molecule has 0 aliphatic rings. The van der Waals surface area contributed by atoms with Crippen LogP contribution < -0.4 is 15.2 Å². The first-order chi connectivity index (χ1) is 16.0. The van der Waals surface area contributed by atoms with Crippen LogP contribution in [0.3, 0.4) is 0 Å². The van der Waals surface area contributed by atoms with Gasteiger partial charge in [0.25, 0.3) is 0 Å². The highest BCUT2D eigenvalue weighted by molar-refractivity contribution is 5.76. The molecule has 190 valence electrons. The van der Waals surface area contributed by atoms with Gasteiger partial charge in [0.2, 0.25) is 0 Å². The quantitative estimate of drug-likeness (QED) is 0.277. The third-order valence-corrected chi connectivity index (χ3v) is 3.76. The van der Waals surface area contributed by atoms with E-state index in [4.69, 9.17) is 38.9 Å². The van der Waals surface area contributed by atoms with Crippen LogP contribution in [0.5, 0.6) is 11.5 Å². The van der Waals surface area contributed by atoms with E-state index in [2.05, 4.69) is 0 Å². The highest BCUT2D eigenvalue weighted by atomic mass is 16.7. The van der Waals surface area contributed by atoms with Crippen molar-refractivity contribution in [1.29, 1.82) is 0 Å². The molecule has 0 aliphatic heterocycles. The SMILES string of the molecule is CCOC(=O)Oc1ccc(C[C@H](N)C(=O)O[C@@H](C)COC(=O)OC(C)C)cc1OC(=O)OCC. The van der Waals surface area contributed by atoms with Crippen molar-refractivity contribution in [3.8, 4) is 11.5 Å². The van der Waals surface area contributed by atoms with Gasteiger partial charge in [0, 0.05) is 0 Å². The summed E-state index contributed by atoms with van der Waals surface area (Å²) in [6, 6.07) is 3.16. The Morgan fingerprint density at radius 1 is 0.824 bits per heavy atom. The van der Waals surface area contributed by atoms with Gasteiger partial charge in [0.05, 0.1) is 19.3 Å². The maximum Gasteiger partial charge on any atom is 0.513 e. The van der Waals surface area contributed by atoms with Crippen molar-refractivity contribution in [2.75, 3.05) is 19.8 Å². The summed E-state index contributed by atoms with van der Waals surface area (Å²) in [5.74, 6) is -0.964. The van der Waals surface area contributed by atoms with Crippen molar-refractivity contribution in [3.63, 3.8) is 0 Å². The predicted octanol–water partition coefficient (Wildman–Crippen LogP) is 3.12. The van der Waals surface area contributed by atoms with Crippen LogP contribution >= 0.6 is 0 Å². The lowest BCUT2D eigenvalue weighted by atomic mass is 10.1. The van der Waals surface area contributed by atoms with Crippen LogP contribution in [0.1, 0.15) is 40.2 Å². The van der Waals surface area contributed by atoms with E-state index in [1.165, 1.54) is 25.1 Å². The molecule has 0 bridgehead atoms. The first-order valence-corrected chi connectivity index (χ1v) is 10.7. The highest BCUT2D eigenvalue weighted by Crippen LogP contribution is 2.30. The molecule has 1 aromatic rings. The maximum absolute atomic E-state index is 12.3. The molecule has 1 rings (SSSR count). The molecule has 0 amide bonds. The van der Waals surface area contributed by atoms with Gasteiger partial charge in [-0.25, -0.2) is 14.4 Å². The van der Waals surface area contributed by atoms with E-state index in [9.17, 15) is 19.2 Å². The lowest BCUT2D eigenvalue weighted by molar-refractivity contribution is -0.152. The summed E-state index contributed by atoms with van der Waals surface area (Å²) in [5.41, 5.74) is 6.41. The fourth-order valence-corrected chi connectivity index (χ4v) is 2.39. The number of ether oxygens (including phenoxy) is 7. The van der Waals surface area contributed by atoms with Gasteiger partial charge in [-0.2, -0.15) is 0 Å². The molecular formula is C22H31NO11. The van der Waals surface area contributed by atoms with Gasteiger partial charge >= 0.3 is 24.4 Å². The third kappa shape index (κ3) is 10.9. The highest BCUT2D eigenvalue weighted by Gasteiger charge is 2.22. The molecule has 0 aromatic heterocycles. The van der Waals surface area contributed by atoms with E-state index in [1.54, 1.807) is 27.7 Å². The van der Waals surface area contributed by atoms with Gasteiger partial charge < -0.3 is 38.9 Å². The molecule has 0 spiro atoms. The van der Waals surface area contributed by atoms with Crippen LogP contribution in [0.2, 0.25) is 0 Å². The lowest BCUT2D eigenvalue weighted by Crippen LogP contribution is -2.37. The number of benzene rings is 1. The Balaban J connectivity index is 2.79. The first kappa shape index (κ1) is 28.5. The van der Waals surface area contributed by atoms with Crippen LogP contribution in [0.25, 0.3) is 0 Å². The Morgan fingerprint density at radius 3 is 1.97 bits per heavy atom. The van der Waals surface area contributed by atoms with E-state index in [0.717, 1.165) is 0 Å². The second-order valence-corrected chi connectivity index (χ2v) is 7.14. The van der Waals surface area contributed by atoms with E-state index in [0.29, 0.717) is 5.56 Å². The minimum absolute atomic E-state index is 0.000668. The molecule has 2 atom stereocenters. The normalized spacial score (nSPS) is 12.2. The molecule has 0 aliphatic carbocycles. The fraction of sp³-hybridized carbons (Fsp3) is 0.545. The van der Waals surface area contributed by atoms with Gasteiger partial charge in [0.15, 0.2) is 11.5 Å². The maximum atomic E-state index is 12.3. The smallest absolute Gasteiger partial charge is 0.458 e. The van der Waals surface area contributed by atoms with Crippen LogP contribution in [0, 0.1) is 0 Å². The van der Waals surface area contributed by atoms with Crippen LogP contribution in [0.15, 0.2) is 18.2 Å². The summed E-state index contributed by atoms with van der Waals surface area (Å²) < 4.78 is 34.4. The Morgan fingerprint density at radius 2 is 1.41 bits per heavy atom. The summed E-state index contributed by atoms with van der Waals surface area (Å²) in [6.45, 7) is 8.01. The summed E-state index contributed by atoms with van der Waals surface area (Å²) >= 11 is 0. The third-order valence-electron chi connectivity index (χ3n) is 3.76. The molecule has 0 fully saturated rings. The molecule has 0 saturated heterocycles.